The summed E-state index contributed by atoms with van der Waals surface area (Å²) < 4.78 is 62.6. The van der Waals surface area contributed by atoms with Gasteiger partial charge in [0.25, 0.3) is 0 Å². The zero-order chi connectivity index (χ0) is 19.2. The van der Waals surface area contributed by atoms with Crippen LogP contribution in [-0.2, 0) is 25.6 Å². The van der Waals surface area contributed by atoms with Crippen LogP contribution in [0.5, 0.6) is 0 Å². The Morgan fingerprint density at radius 2 is 1.76 bits per heavy atom. The van der Waals surface area contributed by atoms with Gasteiger partial charge in [-0.25, -0.2) is 8.42 Å². The predicted molar refractivity (Wildman–Crippen MR) is 77.7 cm³/mol. The maximum Gasteiger partial charge on any atom is 0.417 e. The molecule has 1 saturated carbocycles. The van der Waals surface area contributed by atoms with Crippen molar-refractivity contribution in [1.82, 2.24) is 0 Å². The first-order valence-corrected chi connectivity index (χ1v) is 8.95. The number of sulfone groups is 1. The normalized spacial score (nSPS) is 16.3. The van der Waals surface area contributed by atoms with Gasteiger partial charge in [-0.15, -0.1) is 0 Å². The van der Waals surface area contributed by atoms with Gasteiger partial charge in [0.05, 0.1) is 10.5 Å². The molecule has 1 atom stereocenters. The molecule has 1 aliphatic carbocycles. The van der Waals surface area contributed by atoms with E-state index >= 15 is 0 Å². The van der Waals surface area contributed by atoms with Gasteiger partial charge in [-0.2, -0.15) is 13.2 Å². The van der Waals surface area contributed by atoms with Gasteiger partial charge < -0.3 is 5.11 Å². The number of hydrogen-bond donors (Lipinski definition) is 1. The minimum atomic E-state index is -5.10. The van der Waals surface area contributed by atoms with Gasteiger partial charge in [-0.3, -0.25) is 14.4 Å². The van der Waals surface area contributed by atoms with Crippen LogP contribution in [-0.4, -0.2) is 37.3 Å². The van der Waals surface area contributed by atoms with E-state index in [1.54, 1.807) is 0 Å². The van der Waals surface area contributed by atoms with Crippen LogP contribution in [0.2, 0.25) is 0 Å². The molecular formula is C15H13F3O6S. The molecule has 0 radical (unpaired) electrons. The Morgan fingerprint density at radius 1 is 1.20 bits per heavy atom. The van der Waals surface area contributed by atoms with Crippen LogP contribution >= 0.6 is 0 Å². The Hall–Kier alpha value is -2.23. The Bertz CT molecular complexity index is 853. The van der Waals surface area contributed by atoms with Crippen LogP contribution in [0.4, 0.5) is 13.2 Å². The average Bonchev–Trinajstić information content (AvgIpc) is 3.28. The number of rotatable bonds is 6. The first-order valence-electron chi connectivity index (χ1n) is 7.06. The number of carbonyl (C=O) groups is 3. The van der Waals surface area contributed by atoms with E-state index in [1.807, 2.05) is 0 Å². The second-order valence-corrected chi connectivity index (χ2v) is 7.81. The molecular weight excluding hydrogens is 365 g/mol. The molecule has 6 nitrogen and oxygen atoms in total. The van der Waals surface area contributed by atoms with Crippen LogP contribution in [0.1, 0.15) is 28.8 Å². The van der Waals surface area contributed by atoms with E-state index in [-0.39, 0.29) is 6.07 Å². The minimum absolute atomic E-state index is 0.267. The van der Waals surface area contributed by atoms with Gasteiger partial charge >= 0.3 is 12.1 Å². The molecule has 25 heavy (non-hydrogen) atoms. The monoisotopic (exact) mass is 378 g/mol. The summed E-state index contributed by atoms with van der Waals surface area (Å²) in [6.07, 6.45) is -3.64. The van der Waals surface area contributed by atoms with Crippen molar-refractivity contribution in [2.45, 2.75) is 23.9 Å². The van der Waals surface area contributed by atoms with Crippen LogP contribution in [0.15, 0.2) is 23.1 Å². The fourth-order valence-corrected chi connectivity index (χ4v) is 2.97. The average molecular weight is 378 g/mol. The highest BCUT2D eigenvalue weighted by Crippen LogP contribution is 2.37. The summed E-state index contributed by atoms with van der Waals surface area (Å²) in [4.78, 5) is 34.9. The van der Waals surface area contributed by atoms with Gasteiger partial charge in [0.1, 0.15) is 0 Å². The highest BCUT2D eigenvalue weighted by Gasteiger charge is 2.45. The predicted octanol–water partition coefficient (Wildman–Crippen LogP) is 1.97. The molecule has 0 spiro atoms. The van der Waals surface area contributed by atoms with Gasteiger partial charge in [0, 0.05) is 17.7 Å². The summed E-state index contributed by atoms with van der Waals surface area (Å²) in [7, 11) is -3.98. The topological polar surface area (TPSA) is 106 Å². The SMILES string of the molecule is CS(=O)(=O)c1ccc(C(=O)C(C(=O)O)C(=O)C2CC2)c(C(F)(F)F)c1. The Labute approximate surface area is 140 Å². The molecule has 0 bridgehead atoms. The van der Waals surface area contributed by atoms with Crippen molar-refractivity contribution in [2.75, 3.05) is 6.26 Å². The lowest BCUT2D eigenvalue weighted by Crippen LogP contribution is -2.34. The maximum atomic E-state index is 13.2. The first kappa shape index (κ1) is 19.1. The number of halogens is 3. The molecule has 136 valence electrons. The molecule has 0 aliphatic heterocycles. The number of Topliss-reactive ketones (excluding diaryl/α,β-unsaturated/α-hetero) is 2. The van der Waals surface area contributed by atoms with Crippen molar-refractivity contribution in [3.8, 4) is 0 Å². The second-order valence-electron chi connectivity index (χ2n) is 5.79. The number of carbonyl (C=O) groups excluding carboxylic acids is 2. The smallest absolute Gasteiger partial charge is 0.417 e. The fourth-order valence-electron chi connectivity index (χ4n) is 2.33. The summed E-state index contributed by atoms with van der Waals surface area (Å²) >= 11 is 0. The van der Waals surface area contributed by atoms with Crippen LogP contribution in [0.3, 0.4) is 0 Å². The number of hydrogen-bond acceptors (Lipinski definition) is 5. The molecule has 1 aliphatic rings. The van der Waals surface area contributed by atoms with Crippen LogP contribution < -0.4 is 0 Å². The van der Waals surface area contributed by atoms with Gasteiger partial charge in [-0.1, -0.05) is 0 Å². The summed E-state index contributed by atoms with van der Waals surface area (Å²) in [5, 5.41) is 9.11. The fraction of sp³-hybridized carbons (Fsp3) is 0.400. The maximum absolute atomic E-state index is 13.2. The third-order valence-corrected chi connectivity index (χ3v) is 4.87. The van der Waals surface area contributed by atoms with Crippen LogP contribution in [0, 0.1) is 11.8 Å². The molecule has 1 aromatic rings. The third kappa shape index (κ3) is 4.06. The van der Waals surface area contributed by atoms with E-state index in [2.05, 4.69) is 0 Å². The van der Waals surface area contributed by atoms with E-state index in [0.717, 1.165) is 6.07 Å². The Kier molecular flexibility index (Phi) is 4.77. The molecule has 1 aromatic carbocycles. The molecule has 1 fully saturated rings. The van der Waals surface area contributed by atoms with Gasteiger partial charge in [0.15, 0.2) is 27.3 Å². The molecule has 0 aromatic heterocycles. The number of alkyl halides is 3. The highest BCUT2D eigenvalue weighted by atomic mass is 32.2. The summed E-state index contributed by atoms with van der Waals surface area (Å²) in [5.41, 5.74) is -2.63. The molecule has 1 unspecified atom stereocenters. The molecule has 0 saturated heterocycles. The van der Waals surface area contributed by atoms with Crippen LogP contribution in [0.25, 0.3) is 0 Å². The minimum Gasteiger partial charge on any atom is -0.480 e. The second kappa shape index (κ2) is 6.25. The lowest BCUT2D eigenvalue weighted by Gasteiger charge is -2.16. The van der Waals surface area contributed by atoms with E-state index in [9.17, 15) is 36.0 Å². The number of aliphatic carboxylic acids is 1. The zero-order valence-electron chi connectivity index (χ0n) is 12.8. The third-order valence-electron chi connectivity index (χ3n) is 3.76. The zero-order valence-corrected chi connectivity index (χ0v) is 13.6. The molecule has 10 heteroatoms. The first-order chi connectivity index (χ1) is 11.3. The summed E-state index contributed by atoms with van der Waals surface area (Å²) in [5.74, 6) is -7.15. The van der Waals surface area contributed by atoms with E-state index < -0.39 is 61.4 Å². The summed E-state index contributed by atoms with van der Waals surface area (Å²) in [6.45, 7) is 0. The highest BCUT2D eigenvalue weighted by molar-refractivity contribution is 7.90. The number of carboxylic acids is 1. The summed E-state index contributed by atoms with van der Waals surface area (Å²) in [6, 6.07) is 1.64. The van der Waals surface area contributed by atoms with Gasteiger partial charge in [0.2, 0.25) is 0 Å². The quantitative estimate of drug-likeness (QED) is 0.599. The molecule has 0 heterocycles. The van der Waals surface area contributed by atoms with E-state index in [1.165, 1.54) is 0 Å². The molecule has 1 N–H and O–H groups in total. The number of benzene rings is 1. The lowest BCUT2D eigenvalue weighted by atomic mass is 9.89. The lowest BCUT2D eigenvalue weighted by molar-refractivity contribution is -0.145. The Morgan fingerprint density at radius 3 is 2.16 bits per heavy atom. The number of ketones is 2. The molecule has 0 amide bonds. The Balaban J connectivity index is 2.58. The van der Waals surface area contributed by atoms with E-state index in [0.29, 0.717) is 25.2 Å². The van der Waals surface area contributed by atoms with E-state index in [4.69, 9.17) is 5.11 Å². The van der Waals surface area contributed by atoms with Crippen molar-refractivity contribution >= 4 is 27.4 Å². The van der Waals surface area contributed by atoms with Crippen molar-refractivity contribution in [1.29, 1.82) is 0 Å². The van der Waals surface area contributed by atoms with Crippen molar-refractivity contribution in [2.24, 2.45) is 11.8 Å². The standard InChI is InChI=1S/C15H13F3O6S/c1-25(23,24)8-4-5-9(10(6-8)15(16,17)18)13(20)11(14(21)22)12(19)7-2-3-7/h4-7,11H,2-3H2,1H3,(H,21,22). The molecule has 2 rings (SSSR count). The number of carboxylic acid groups (broad SMARTS) is 1. The van der Waals surface area contributed by atoms with Crippen molar-refractivity contribution in [3.63, 3.8) is 0 Å². The van der Waals surface area contributed by atoms with Crippen molar-refractivity contribution < 1.29 is 41.1 Å². The van der Waals surface area contributed by atoms with Crippen molar-refractivity contribution in [3.05, 3.63) is 29.3 Å². The largest absolute Gasteiger partial charge is 0.480 e. The van der Waals surface area contributed by atoms with Gasteiger partial charge in [-0.05, 0) is 31.0 Å².